The first kappa shape index (κ1) is 12.4. The van der Waals surface area contributed by atoms with Gasteiger partial charge in [-0.15, -0.1) is 5.10 Å². The number of nitriles is 1. The van der Waals surface area contributed by atoms with Gasteiger partial charge in [0.1, 0.15) is 18.1 Å². The fourth-order valence-electron chi connectivity index (χ4n) is 1.51. The van der Waals surface area contributed by atoms with Gasteiger partial charge in [0.05, 0.1) is 4.92 Å². The van der Waals surface area contributed by atoms with Gasteiger partial charge in [-0.3, -0.25) is 14.9 Å². The maximum atomic E-state index is 11.2. The number of nitro benzene ring substituents is 1. The lowest BCUT2D eigenvalue weighted by Gasteiger charge is -2.03. The van der Waals surface area contributed by atoms with Crippen LogP contribution in [0.4, 0.5) is 5.69 Å². The minimum Gasteiger partial charge on any atom is -0.295 e. The van der Waals surface area contributed by atoms with Gasteiger partial charge in [0.15, 0.2) is 5.78 Å². The molecule has 1 aromatic carbocycles. The number of hydrogen-bond acceptors (Lipinski definition) is 6. The molecule has 2 rings (SSSR count). The lowest BCUT2D eigenvalue weighted by atomic mass is 10.1. The van der Waals surface area contributed by atoms with Crippen molar-refractivity contribution in [3.8, 4) is 11.8 Å². The van der Waals surface area contributed by atoms with Crippen LogP contribution in [0.2, 0.25) is 0 Å². The molecule has 1 aromatic heterocycles. The molecular formula is C11H7N5O3. The highest BCUT2D eigenvalue weighted by Crippen LogP contribution is 2.23. The molecule has 2 aromatic rings. The third-order valence-electron chi connectivity index (χ3n) is 2.42. The first-order valence-corrected chi connectivity index (χ1v) is 5.14. The highest BCUT2D eigenvalue weighted by molar-refractivity contribution is 5.95. The summed E-state index contributed by atoms with van der Waals surface area (Å²) in [7, 11) is 0. The predicted octanol–water partition coefficient (Wildman–Crippen LogP) is 1.25. The average Bonchev–Trinajstić information content (AvgIpc) is 2.86. The third kappa shape index (κ3) is 2.30. The van der Waals surface area contributed by atoms with E-state index in [-0.39, 0.29) is 28.5 Å². The van der Waals surface area contributed by atoms with Gasteiger partial charge in [0.25, 0.3) is 11.5 Å². The molecule has 19 heavy (non-hydrogen) atoms. The Bertz CT molecular complexity index is 713. The van der Waals surface area contributed by atoms with E-state index in [1.807, 2.05) is 0 Å². The van der Waals surface area contributed by atoms with E-state index in [0.717, 1.165) is 4.68 Å². The summed E-state index contributed by atoms with van der Waals surface area (Å²) in [6.07, 6.45) is 1.20. The van der Waals surface area contributed by atoms with Gasteiger partial charge in [-0.1, -0.05) is 0 Å². The topological polar surface area (TPSA) is 115 Å². The standard InChI is InChI=1S/C11H7N5O3/c1-7(17)8-2-3-9(10(4-8)16(18)19)15-6-13-11(5-12)14-15/h2-4,6H,1H3. The van der Waals surface area contributed by atoms with Crippen LogP contribution in [0.25, 0.3) is 5.69 Å². The van der Waals surface area contributed by atoms with Crippen LogP contribution in [-0.2, 0) is 0 Å². The summed E-state index contributed by atoms with van der Waals surface area (Å²) in [5.74, 6) is -0.365. The highest BCUT2D eigenvalue weighted by atomic mass is 16.6. The number of rotatable bonds is 3. The second kappa shape index (κ2) is 4.66. The second-order valence-corrected chi connectivity index (χ2v) is 3.64. The quantitative estimate of drug-likeness (QED) is 0.464. The van der Waals surface area contributed by atoms with E-state index in [1.165, 1.54) is 31.5 Å². The number of carbonyl (C=O) groups excluding carboxylic acids is 1. The molecule has 0 aliphatic heterocycles. The highest BCUT2D eigenvalue weighted by Gasteiger charge is 2.18. The Morgan fingerprint density at radius 3 is 2.79 bits per heavy atom. The van der Waals surface area contributed by atoms with E-state index in [1.54, 1.807) is 6.07 Å². The van der Waals surface area contributed by atoms with Crippen molar-refractivity contribution in [3.05, 3.63) is 46.0 Å². The molecule has 0 radical (unpaired) electrons. The largest absolute Gasteiger partial charge is 0.295 e. The molecule has 8 nitrogen and oxygen atoms in total. The number of aromatic nitrogens is 3. The van der Waals surface area contributed by atoms with Crippen molar-refractivity contribution in [1.82, 2.24) is 14.8 Å². The van der Waals surface area contributed by atoms with Gasteiger partial charge in [0.2, 0.25) is 0 Å². The van der Waals surface area contributed by atoms with Crippen LogP contribution >= 0.6 is 0 Å². The molecule has 0 saturated heterocycles. The fourth-order valence-corrected chi connectivity index (χ4v) is 1.51. The second-order valence-electron chi connectivity index (χ2n) is 3.64. The zero-order valence-corrected chi connectivity index (χ0v) is 9.77. The van der Waals surface area contributed by atoms with Crippen molar-refractivity contribution in [1.29, 1.82) is 5.26 Å². The number of carbonyl (C=O) groups is 1. The van der Waals surface area contributed by atoms with Crippen molar-refractivity contribution in [2.75, 3.05) is 0 Å². The van der Waals surface area contributed by atoms with Crippen LogP contribution in [0.15, 0.2) is 24.5 Å². The Morgan fingerprint density at radius 1 is 1.53 bits per heavy atom. The van der Waals surface area contributed by atoms with Crippen LogP contribution < -0.4 is 0 Å². The summed E-state index contributed by atoms with van der Waals surface area (Å²) in [6, 6.07) is 5.75. The summed E-state index contributed by atoms with van der Waals surface area (Å²) in [5, 5.41) is 23.4. The van der Waals surface area contributed by atoms with E-state index in [2.05, 4.69) is 10.1 Å². The third-order valence-corrected chi connectivity index (χ3v) is 2.42. The van der Waals surface area contributed by atoms with Crippen LogP contribution in [0.5, 0.6) is 0 Å². The van der Waals surface area contributed by atoms with Gasteiger partial charge in [-0.05, 0) is 19.1 Å². The molecule has 0 aliphatic rings. The zero-order valence-electron chi connectivity index (χ0n) is 9.77. The van der Waals surface area contributed by atoms with E-state index in [0.29, 0.717) is 0 Å². The van der Waals surface area contributed by atoms with Crippen molar-refractivity contribution in [2.45, 2.75) is 6.92 Å². The molecule has 0 atom stereocenters. The molecule has 0 N–H and O–H groups in total. The minimum atomic E-state index is -0.616. The van der Waals surface area contributed by atoms with Crippen molar-refractivity contribution in [2.24, 2.45) is 0 Å². The van der Waals surface area contributed by atoms with Crippen LogP contribution in [0.1, 0.15) is 23.1 Å². The van der Waals surface area contributed by atoms with Gasteiger partial charge >= 0.3 is 0 Å². The molecule has 0 aliphatic carbocycles. The number of nitro groups is 1. The molecule has 0 bridgehead atoms. The Hall–Kier alpha value is -3.08. The molecule has 8 heteroatoms. The smallest absolute Gasteiger partial charge is 0.295 e. The Labute approximate surface area is 107 Å². The molecular weight excluding hydrogens is 250 g/mol. The van der Waals surface area contributed by atoms with Gasteiger partial charge in [-0.2, -0.15) is 5.26 Å². The molecule has 0 spiro atoms. The number of nitrogens with zero attached hydrogens (tertiary/aromatic N) is 5. The predicted molar refractivity (Wildman–Crippen MR) is 62.7 cm³/mol. The van der Waals surface area contributed by atoms with E-state index in [4.69, 9.17) is 5.26 Å². The monoisotopic (exact) mass is 257 g/mol. The molecule has 1 heterocycles. The molecule has 0 saturated carbocycles. The van der Waals surface area contributed by atoms with Gasteiger partial charge in [-0.25, -0.2) is 9.67 Å². The number of hydrogen-bond donors (Lipinski definition) is 0. The maximum Gasteiger partial charge on any atom is 0.295 e. The normalized spacial score (nSPS) is 9.89. The van der Waals surface area contributed by atoms with Crippen LogP contribution in [0.3, 0.4) is 0 Å². The minimum absolute atomic E-state index is 0.0926. The lowest BCUT2D eigenvalue weighted by molar-refractivity contribution is -0.384. The molecule has 94 valence electrons. The first-order valence-electron chi connectivity index (χ1n) is 5.14. The van der Waals surface area contributed by atoms with Crippen LogP contribution in [-0.4, -0.2) is 25.5 Å². The van der Waals surface area contributed by atoms with E-state index < -0.39 is 4.92 Å². The maximum absolute atomic E-state index is 11.2. The summed E-state index contributed by atoms with van der Waals surface area (Å²) in [6.45, 7) is 1.32. The Balaban J connectivity index is 2.60. The van der Waals surface area contributed by atoms with Gasteiger partial charge in [0, 0.05) is 11.6 Å². The molecule has 0 amide bonds. The van der Waals surface area contributed by atoms with Gasteiger partial charge < -0.3 is 0 Å². The SMILES string of the molecule is CC(=O)c1ccc(-n2cnc(C#N)n2)c([N+](=O)[O-])c1. The van der Waals surface area contributed by atoms with Crippen molar-refractivity contribution in [3.63, 3.8) is 0 Å². The first-order chi connectivity index (χ1) is 9.02. The Morgan fingerprint density at radius 2 is 2.26 bits per heavy atom. The van der Waals surface area contributed by atoms with Crippen LogP contribution in [0, 0.1) is 21.4 Å². The number of benzene rings is 1. The summed E-state index contributed by atoms with van der Waals surface area (Å²) < 4.78 is 1.13. The number of Topliss-reactive ketones (excluding diaryl/α,β-unsaturated/α-hetero) is 1. The lowest BCUT2D eigenvalue weighted by Crippen LogP contribution is -2.03. The average molecular weight is 257 g/mol. The summed E-state index contributed by atoms with van der Waals surface area (Å²) in [5.41, 5.74) is 0.0992. The van der Waals surface area contributed by atoms with E-state index >= 15 is 0 Å². The zero-order chi connectivity index (χ0) is 14.0. The van der Waals surface area contributed by atoms with E-state index in [9.17, 15) is 14.9 Å². The Kier molecular flexibility index (Phi) is 3.03. The fraction of sp³-hybridized carbons (Fsp3) is 0.0909. The molecule has 0 unspecified atom stereocenters. The van der Waals surface area contributed by atoms with Crippen molar-refractivity contribution < 1.29 is 9.72 Å². The summed E-state index contributed by atoms with van der Waals surface area (Å²) in [4.78, 5) is 25.3. The molecule has 0 fully saturated rings. The number of ketones is 1. The summed E-state index contributed by atoms with van der Waals surface area (Å²) >= 11 is 0. The van der Waals surface area contributed by atoms with Crippen molar-refractivity contribution >= 4 is 11.5 Å².